The van der Waals surface area contributed by atoms with Gasteiger partial charge in [0.25, 0.3) is 5.91 Å². The molecule has 10 heteroatoms. The summed E-state index contributed by atoms with van der Waals surface area (Å²) in [7, 11) is -3.57. The van der Waals surface area contributed by atoms with E-state index in [4.69, 9.17) is 0 Å². The molecule has 178 valence electrons. The second kappa shape index (κ2) is 10.4. The van der Waals surface area contributed by atoms with Crippen molar-refractivity contribution in [1.29, 1.82) is 0 Å². The summed E-state index contributed by atoms with van der Waals surface area (Å²) in [5, 5.41) is 2.53. The van der Waals surface area contributed by atoms with Gasteiger partial charge in [-0.05, 0) is 48.7 Å². The summed E-state index contributed by atoms with van der Waals surface area (Å²) in [5.74, 6) is -2.53. The first kappa shape index (κ1) is 24.8. The third kappa shape index (κ3) is 5.39. The first-order chi connectivity index (χ1) is 15.7. The number of hydrogen-bond donors (Lipinski definition) is 1. The number of amides is 2. The van der Waals surface area contributed by atoms with Crippen LogP contribution in [0, 0.1) is 11.6 Å². The van der Waals surface area contributed by atoms with Crippen LogP contribution >= 0.6 is 0 Å². The lowest BCUT2D eigenvalue weighted by Crippen LogP contribution is -2.31. The van der Waals surface area contributed by atoms with Crippen LogP contribution in [0.1, 0.15) is 42.6 Å². The van der Waals surface area contributed by atoms with Crippen molar-refractivity contribution in [3.8, 4) is 0 Å². The molecule has 0 spiro atoms. The highest BCUT2D eigenvalue weighted by molar-refractivity contribution is 7.89. The SMILES string of the molecule is CCN(CC)S(=O)(=O)c1ccc2c(c1)CCN2C(=O)CCCNC(=O)c1ccc(F)cc1F. The van der Waals surface area contributed by atoms with E-state index in [0.717, 1.165) is 17.7 Å². The molecule has 1 aliphatic rings. The molecule has 0 aromatic heterocycles. The number of hydrogen-bond acceptors (Lipinski definition) is 4. The van der Waals surface area contributed by atoms with Crippen LogP contribution in [0.2, 0.25) is 0 Å². The molecule has 0 atom stereocenters. The Hall–Kier alpha value is -2.85. The average molecular weight is 480 g/mol. The highest BCUT2D eigenvalue weighted by Crippen LogP contribution is 2.31. The normalized spacial score (nSPS) is 13.3. The van der Waals surface area contributed by atoms with Gasteiger partial charge in [0, 0.05) is 44.4 Å². The second-order valence-corrected chi connectivity index (χ2v) is 9.60. The summed E-state index contributed by atoms with van der Waals surface area (Å²) in [5.41, 5.74) is 1.24. The Bertz CT molecular complexity index is 1150. The molecule has 0 unspecified atom stereocenters. The van der Waals surface area contributed by atoms with Crippen molar-refractivity contribution in [3.63, 3.8) is 0 Å². The smallest absolute Gasteiger partial charge is 0.254 e. The van der Waals surface area contributed by atoms with Crippen molar-refractivity contribution in [2.24, 2.45) is 0 Å². The molecular weight excluding hydrogens is 452 g/mol. The van der Waals surface area contributed by atoms with E-state index in [2.05, 4.69) is 5.32 Å². The lowest BCUT2D eigenvalue weighted by atomic mass is 10.1. The number of carbonyl (C=O) groups is 2. The van der Waals surface area contributed by atoms with Crippen molar-refractivity contribution in [2.45, 2.75) is 38.0 Å². The lowest BCUT2D eigenvalue weighted by Gasteiger charge is -2.20. The standard InChI is InChI=1S/C23H27F2N3O4S/c1-3-27(4-2)33(31,32)18-8-10-21-16(14-18)11-13-28(21)22(29)6-5-12-26-23(30)19-9-7-17(24)15-20(19)25/h7-10,14-15H,3-6,11-13H2,1-2H3,(H,26,30). The fraction of sp³-hybridized carbons (Fsp3) is 0.391. The lowest BCUT2D eigenvalue weighted by molar-refractivity contribution is -0.118. The number of carbonyl (C=O) groups excluding carboxylic acids is 2. The van der Waals surface area contributed by atoms with Crippen LogP contribution in [-0.2, 0) is 21.2 Å². The van der Waals surface area contributed by atoms with E-state index in [9.17, 15) is 26.8 Å². The van der Waals surface area contributed by atoms with E-state index < -0.39 is 27.6 Å². The Balaban J connectivity index is 1.57. The van der Waals surface area contributed by atoms with Crippen molar-refractivity contribution in [2.75, 3.05) is 31.1 Å². The van der Waals surface area contributed by atoms with Crippen LogP contribution in [0.4, 0.5) is 14.5 Å². The van der Waals surface area contributed by atoms with Gasteiger partial charge >= 0.3 is 0 Å². The van der Waals surface area contributed by atoms with E-state index in [1.54, 1.807) is 30.9 Å². The maximum absolute atomic E-state index is 13.7. The summed E-state index contributed by atoms with van der Waals surface area (Å²) in [6.45, 7) is 4.94. The molecule has 1 aliphatic heterocycles. The Kier molecular flexibility index (Phi) is 7.80. The van der Waals surface area contributed by atoms with E-state index in [0.29, 0.717) is 44.2 Å². The van der Waals surface area contributed by atoms with Crippen LogP contribution in [0.15, 0.2) is 41.3 Å². The largest absolute Gasteiger partial charge is 0.352 e. The number of nitrogens with one attached hydrogen (secondary N) is 1. The number of rotatable bonds is 9. The zero-order chi connectivity index (χ0) is 24.2. The van der Waals surface area contributed by atoms with E-state index in [-0.39, 0.29) is 29.3 Å². The van der Waals surface area contributed by atoms with Crippen molar-refractivity contribution in [3.05, 3.63) is 59.2 Å². The monoisotopic (exact) mass is 479 g/mol. The molecule has 2 aromatic rings. The molecule has 0 radical (unpaired) electrons. The minimum atomic E-state index is -3.57. The van der Waals surface area contributed by atoms with Gasteiger partial charge in [0.2, 0.25) is 15.9 Å². The first-order valence-electron chi connectivity index (χ1n) is 10.9. The number of nitrogens with zero attached hydrogens (tertiary/aromatic N) is 2. The minimum Gasteiger partial charge on any atom is -0.352 e. The topological polar surface area (TPSA) is 86.8 Å². The van der Waals surface area contributed by atoms with Gasteiger partial charge in [0.15, 0.2) is 0 Å². The Morgan fingerprint density at radius 1 is 1.09 bits per heavy atom. The fourth-order valence-electron chi connectivity index (χ4n) is 3.86. The van der Waals surface area contributed by atoms with Crippen LogP contribution in [0.3, 0.4) is 0 Å². The van der Waals surface area contributed by atoms with Gasteiger partial charge in [-0.2, -0.15) is 4.31 Å². The molecule has 0 saturated heterocycles. The molecular formula is C23H27F2N3O4S. The predicted octanol–water partition coefficient (Wildman–Crippen LogP) is 3.09. The molecule has 0 aliphatic carbocycles. The molecule has 2 amide bonds. The second-order valence-electron chi connectivity index (χ2n) is 7.66. The van der Waals surface area contributed by atoms with Crippen molar-refractivity contribution in [1.82, 2.24) is 9.62 Å². The maximum Gasteiger partial charge on any atom is 0.254 e. The van der Waals surface area contributed by atoms with Crippen molar-refractivity contribution >= 4 is 27.5 Å². The zero-order valence-electron chi connectivity index (χ0n) is 18.6. The Morgan fingerprint density at radius 2 is 1.82 bits per heavy atom. The molecule has 0 saturated carbocycles. The number of halogens is 2. The molecule has 1 N–H and O–H groups in total. The number of benzene rings is 2. The summed E-state index contributed by atoms with van der Waals surface area (Å²) in [6.07, 6.45) is 1.06. The fourth-order valence-corrected chi connectivity index (χ4v) is 5.36. The minimum absolute atomic E-state index is 0.143. The number of anilines is 1. The molecule has 0 fully saturated rings. The van der Waals surface area contributed by atoms with Crippen LogP contribution in [-0.4, -0.2) is 50.7 Å². The number of fused-ring (bicyclic) bond motifs is 1. The molecule has 33 heavy (non-hydrogen) atoms. The highest BCUT2D eigenvalue weighted by Gasteiger charge is 2.28. The van der Waals surface area contributed by atoms with Gasteiger partial charge in [-0.25, -0.2) is 17.2 Å². The Morgan fingerprint density at radius 3 is 2.48 bits per heavy atom. The third-order valence-electron chi connectivity index (χ3n) is 5.62. The first-order valence-corrected chi connectivity index (χ1v) is 12.3. The molecule has 2 aromatic carbocycles. The summed E-state index contributed by atoms with van der Waals surface area (Å²) < 4.78 is 53.5. The van der Waals surface area contributed by atoms with Gasteiger partial charge in [0.1, 0.15) is 11.6 Å². The van der Waals surface area contributed by atoms with Crippen LogP contribution < -0.4 is 10.2 Å². The maximum atomic E-state index is 13.7. The predicted molar refractivity (Wildman–Crippen MR) is 121 cm³/mol. The molecule has 3 rings (SSSR count). The molecule has 7 nitrogen and oxygen atoms in total. The summed E-state index contributed by atoms with van der Waals surface area (Å²) in [4.78, 5) is 26.5. The van der Waals surface area contributed by atoms with E-state index >= 15 is 0 Å². The molecule has 1 heterocycles. The quantitative estimate of drug-likeness (QED) is 0.560. The van der Waals surface area contributed by atoms with Crippen LogP contribution in [0.5, 0.6) is 0 Å². The number of sulfonamides is 1. The average Bonchev–Trinajstić information content (AvgIpc) is 3.20. The highest BCUT2D eigenvalue weighted by atomic mass is 32.2. The van der Waals surface area contributed by atoms with Gasteiger partial charge in [-0.15, -0.1) is 0 Å². The van der Waals surface area contributed by atoms with Gasteiger partial charge in [0.05, 0.1) is 10.5 Å². The summed E-state index contributed by atoms with van der Waals surface area (Å²) in [6, 6.07) is 7.53. The van der Waals surface area contributed by atoms with Crippen molar-refractivity contribution < 1.29 is 26.8 Å². The van der Waals surface area contributed by atoms with Gasteiger partial charge < -0.3 is 10.2 Å². The summed E-state index contributed by atoms with van der Waals surface area (Å²) >= 11 is 0. The van der Waals surface area contributed by atoms with Gasteiger partial charge in [-0.3, -0.25) is 9.59 Å². The zero-order valence-corrected chi connectivity index (χ0v) is 19.4. The third-order valence-corrected chi connectivity index (χ3v) is 7.67. The van der Waals surface area contributed by atoms with E-state index in [1.807, 2.05) is 0 Å². The van der Waals surface area contributed by atoms with Gasteiger partial charge in [-0.1, -0.05) is 13.8 Å². The van der Waals surface area contributed by atoms with E-state index in [1.165, 1.54) is 10.4 Å². The van der Waals surface area contributed by atoms with Crippen LogP contribution in [0.25, 0.3) is 0 Å². The Labute approximate surface area is 192 Å². The molecule has 0 bridgehead atoms.